The molecule has 4 rings (SSSR count). The lowest BCUT2D eigenvalue weighted by atomic mass is 10.1. The van der Waals surface area contributed by atoms with Crippen LogP contribution in [0.3, 0.4) is 0 Å². The number of hydrogen-bond donors (Lipinski definition) is 2. The number of imide groups is 1. The molecule has 1 aliphatic heterocycles. The number of hydrogen-bond acceptors (Lipinski definition) is 5. The van der Waals surface area contributed by atoms with E-state index in [4.69, 9.17) is 39.5 Å². The molecule has 0 saturated heterocycles. The van der Waals surface area contributed by atoms with Crippen LogP contribution in [0, 0.1) is 0 Å². The van der Waals surface area contributed by atoms with Gasteiger partial charge in [0.2, 0.25) is 0 Å². The third-order valence-corrected chi connectivity index (χ3v) is 5.85. The van der Waals surface area contributed by atoms with E-state index in [1.165, 1.54) is 25.3 Å². The molecule has 10 heteroatoms. The second-order valence-electron chi connectivity index (χ2n) is 7.09. The minimum atomic E-state index is -0.730. The lowest BCUT2D eigenvalue weighted by Gasteiger charge is -2.17. The second-order valence-corrected chi connectivity index (χ2v) is 8.31. The Hall–Kier alpha value is -3.52. The number of carbonyl (C=O) groups is 3. The molecule has 0 spiro atoms. The van der Waals surface area contributed by atoms with Crippen LogP contribution in [-0.4, -0.2) is 24.8 Å². The molecule has 2 N–H and O–H groups in total. The molecule has 0 bridgehead atoms. The van der Waals surface area contributed by atoms with Crippen molar-refractivity contribution in [2.75, 3.05) is 22.6 Å². The summed E-state index contributed by atoms with van der Waals surface area (Å²) in [6, 6.07) is 17.8. The molecule has 0 aliphatic carbocycles. The molecule has 0 radical (unpaired) electrons. The average molecular weight is 517 g/mol. The third-order valence-electron chi connectivity index (χ3n) is 4.95. The van der Waals surface area contributed by atoms with E-state index in [1.54, 1.807) is 48.5 Å². The first-order chi connectivity index (χ1) is 16.3. The fourth-order valence-electron chi connectivity index (χ4n) is 3.28. The summed E-state index contributed by atoms with van der Waals surface area (Å²) < 4.78 is 5.24. The number of nitrogens with one attached hydrogen (secondary N) is 2. The van der Waals surface area contributed by atoms with E-state index in [2.05, 4.69) is 10.6 Å². The van der Waals surface area contributed by atoms with E-state index in [-0.39, 0.29) is 27.3 Å². The van der Waals surface area contributed by atoms with Gasteiger partial charge in [-0.05, 0) is 54.6 Å². The number of anilines is 3. The van der Waals surface area contributed by atoms with Crippen LogP contribution in [0.5, 0.6) is 5.75 Å². The van der Waals surface area contributed by atoms with Gasteiger partial charge in [0.15, 0.2) is 0 Å². The minimum Gasteiger partial charge on any atom is -0.495 e. The normalized spacial score (nSPS) is 13.4. The highest BCUT2D eigenvalue weighted by atomic mass is 35.5. The van der Waals surface area contributed by atoms with Crippen LogP contribution >= 0.6 is 34.8 Å². The lowest BCUT2D eigenvalue weighted by molar-refractivity contribution is -0.120. The van der Waals surface area contributed by atoms with Crippen molar-refractivity contribution in [2.24, 2.45) is 0 Å². The zero-order valence-corrected chi connectivity index (χ0v) is 19.8. The smallest absolute Gasteiger partial charge is 0.283 e. The Kier molecular flexibility index (Phi) is 6.79. The van der Waals surface area contributed by atoms with Crippen molar-refractivity contribution in [1.82, 2.24) is 0 Å². The van der Waals surface area contributed by atoms with Crippen LogP contribution in [0.25, 0.3) is 0 Å². The van der Waals surface area contributed by atoms with Crippen molar-refractivity contribution in [3.63, 3.8) is 0 Å². The second kappa shape index (κ2) is 9.77. The molecule has 1 heterocycles. The molecule has 7 nitrogen and oxygen atoms in total. The van der Waals surface area contributed by atoms with E-state index in [0.29, 0.717) is 27.7 Å². The summed E-state index contributed by atoms with van der Waals surface area (Å²) in [4.78, 5) is 39.1. The highest BCUT2D eigenvalue weighted by molar-refractivity contribution is 6.54. The molecule has 0 unspecified atom stereocenters. The maximum absolute atomic E-state index is 13.0. The Bertz CT molecular complexity index is 1340. The Morgan fingerprint density at radius 1 is 0.912 bits per heavy atom. The lowest BCUT2D eigenvalue weighted by Crippen LogP contribution is -2.32. The number of amides is 3. The van der Waals surface area contributed by atoms with Crippen molar-refractivity contribution >= 4 is 69.6 Å². The van der Waals surface area contributed by atoms with Gasteiger partial charge in [-0.1, -0.05) is 46.9 Å². The topological polar surface area (TPSA) is 87.7 Å². The zero-order chi connectivity index (χ0) is 24.4. The standard InChI is InChI=1S/C24H16Cl3N3O4/c1-34-19-5-3-2-4-17(19)29-22(31)13-6-9-15(10-7-13)28-21-20(27)23(32)30(24(21)33)18-12-14(25)8-11-16(18)26/h2-12,28H,1H3,(H,29,31). The van der Waals surface area contributed by atoms with Crippen LogP contribution in [0.15, 0.2) is 77.5 Å². The molecule has 3 aromatic carbocycles. The van der Waals surface area contributed by atoms with E-state index < -0.39 is 11.8 Å². The fourth-order valence-corrected chi connectivity index (χ4v) is 3.86. The molecule has 1 aliphatic rings. The molecule has 3 aromatic rings. The largest absolute Gasteiger partial charge is 0.495 e. The van der Waals surface area contributed by atoms with Gasteiger partial charge < -0.3 is 15.4 Å². The molecule has 0 fully saturated rings. The Morgan fingerprint density at radius 2 is 1.62 bits per heavy atom. The Balaban J connectivity index is 1.51. The van der Waals surface area contributed by atoms with E-state index in [0.717, 1.165) is 4.90 Å². The Labute approximate surface area is 209 Å². The number of rotatable bonds is 6. The summed E-state index contributed by atoms with van der Waals surface area (Å²) in [7, 11) is 1.52. The molecular formula is C24H16Cl3N3O4. The molecule has 34 heavy (non-hydrogen) atoms. The SMILES string of the molecule is COc1ccccc1NC(=O)c1ccc(NC2=C(Cl)C(=O)N(c3cc(Cl)ccc3Cl)C2=O)cc1. The first-order valence-electron chi connectivity index (χ1n) is 9.85. The molecule has 0 aromatic heterocycles. The summed E-state index contributed by atoms with van der Waals surface area (Å²) in [6.07, 6.45) is 0. The number of methoxy groups -OCH3 is 1. The van der Waals surface area contributed by atoms with E-state index in [9.17, 15) is 14.4 Å². The predicted molar refractivity (Wildman–Crippen MR) is 133 cm³/mol. The van der Waals surface area contributed by atoms with Crippen molar-refractivity contribution in [2.45, 2.75) is 0 Å². The van der Waals surface area contributed by atoms with Gasteiger partial charge in [0.1, 0.15) is 16.5 Å². The van der Waals surface area contributed by atoms with Gasteiger partial charge in [-0.15, -0.1) is 0 Å². The number of ether oxygens (including phenoxy) is 1. The van der Waals surface area contributed by atoms with Gasteiger partial charge in [0, 0.05) is 16.3 Å². The first kappa shape index (κ1) is 23.6. The van der Waals surface area contributed by atoms with Crippen molar-refractivity contribution in [1.29, 1.82) is 0 Å². The predicted octanol–water partition coefficient (Wildman–Crippen LogP) is 5.69. The van der Waals surface area contributed by atoms with Gasteiger partial charge in [0.05, 0.1) is 23.5 Å². The summed E-state index contributed by atoms with van der Waals surface area (Å²) >= 11 is 18.3. The number of benzene rings is 3. The average Bonchev–Trinajstić information content (AvgIpc) is 3.04. The van der Waals surface area contributed by atoms with Gasteiger partial charge in [-0.25, -0.2) is 4.90 Å². The summed E-state index contributed by atoms with van der Waals surface area (Å²) in [5.74, 6) is -1.23. The Morgan fingerprint density at radius 3 is 2.32 bits per heavy atom. The van der Waals surface area contributed by atoms with E-state index >= 15 is 0 Å². The minimum absolute atomic E-state index is 0.117. The fraction of sp³-hybridized carbons (Fsp3) is 0.0417. The monoisotopic (exact) mass is 515 g/mol. The van der Waals surface area contributed by atoms with Gasteiger partial charge in [-0.2, -0.15) is 0 Å². The molecular weight excluding hydrogens is 501 g/mol. The van der Waals surface area contributed by atoms with Crippen LogP contribution in [0.1, 0.15) is 10.4 Å². The van der Waals surface area contributed by atoms with Crippen LogP contribution in [0.4, 0.5) is 17.1 Å². The van der Waals surface area contributed by atoms with Crippen LogP contribution in [0.2, 0.25) is 10.0 Å². The van der Waals surface area contributed by atoms with Crippen molar-refractivity contribution < 1.29 is 19.1 Å². The van der Waals surface area contributed by atoms with Crippen LogP contribution in [-0.2, 0) is 9.59 Å². The molecule has 0 atom stereocenters. The number of para-hydroxylation sites is 2. The molecule has 3 amide bonds. The highest BCUT2D eigenvalue weighted by Gasteiger charge is 2.40. The summed E-state index contributed by atoms with van der Waals surface area (Å²) in [6.45, 7) is 0. The summed E-state index contributed by atoms with van der Waals surface area (Å²) in [5.41, 5.74) is 1.36. The quantitative estimate of drug-likeness (QED) is 0.411. The van der Waals surface area contributed by atoms with E-state index in [1.807, 2.05) is 0 Å². The van der Waals surface area contributed by atoms with Gasteiger partial charge in [-0.3, -0.25) is 14.4 Å². The first-order valence-corrected chi connectivity index (χ1v) is 11.0. The summed E-state index contributed by atoms with van der Waals surface area (Å²) in [5, 5.41) is 5.81. The third kappa shape index (κ3) is 4.59. The maximum atomic E-state index is 13.0. The van der Waals surface area contributed by atoms with Gasteiger partial charge >= 0.3 is 0 Å². The van der Waals surface area contributed by atoms with Crippen LogP contribution < -0.4 is 20.3 Å². The molecule has 172 valence electrons. The number of carbonyl (C=O) groups excluding carboxylic acids is 3. The highest BCUT2D eigenvalue weighted by Crippen LogP contribution is 2.36. The van der Waals surface area contributed by atoms with Gasteiger partial charge in [0.25, 0.3) is 17.7 Å². The maximum Gasteiger partial charge on any atom is 0.283 e. The van der Waals surface area contributed by atoms with Crippen molar-refractivity contribution in [3.05, 3.63) is 93.1 Å². The zero-order valence-electron chi connectivity index (χ0n) is 17.6. The number of halogens is 3. The number of nitrogens with zero attached hydrogens (tertiary/aromatic N) is 1. The van der Waals surface area contributed by atoms with Crippen molar-refractivity contribution in [3.8, 4) is 5.75 Å². The molecule has 0 saturated carbocycles.